The van der Waals surface area contributed by atoms with Crippen LogP contribution >= 0.6 is 0 Å². The highest BCUT2D eigenvalue weighted by atomic mass is 16.2. The van der Waals surface area contributed by atoms with Gasteiger partial charge in [0.05, 0.1) is 5.71 Å². The molecular formula is C21H26N2O. The lowest BCUT2D eigenvalue weighted by Gasteiger charge is -2.56. The average Bonchev–Trinajstić information content (AvgIpc) is 2.94. The van der Waals surface area contributed by atoms with Gasteiger partial charge in [0.15, 0.2) is 0 Å². The average molecular weight is 322 g/mol. The highest BCUT2D eigenvalue weighted by molar-refractivity contribution is 6.04. The maximum Gasteiger partial charge on any atom is 0.240 e. The largest absolute Gasteiger partial charge is 0.273 e. The molecule has 3 nitrogen and oxygen atoms in total. The SMILES string of the molecule is O=C(CC12CC3CC(CC(C3)C1)C2)N/N=C1/CCc2ccccc21. The van der Waals surface area contributed by atoms with Gasteiger partial charge in [-0.25, -0.2) is 5.43 Å². The number of nitrogens with one attached hydrogen (secondary N) is 1. The standard InChI is InChI=1S/C21H26N2O/c24-20(23-22-19-6-5-17-3-1-2-4-18(17)19)13-21-10-14-7-15(11-21)9-16(8-14)12-21/h1-4,14-16H,5-13H2,(H,23,24)/b22-19-. The van der Waals surface area contributed by atoms with Gasteiger partial charge >= 0.3 is 0 Å². The van der Waals surface area contributed by atoms with E-state index in [2.05, 4.69) is 34.8 Å². The van der Waals surface area contributed by atoms with Crippen molar-refractivity contribution in [2.75, 3.05) is 0 Å². The zero-order chi connectivity index (χ0) is 16.1. The molecule has 24 heavy (non-hydrogen) atoms. The first-order chi connectivity index (χ1) is 11.7. The summed E-state index contributed by atoms with van der Waals surface area (Å²) < 4.78 is 0. The second kappa shape index (κ2) is 5.44. The van der Waals surface area contributed by atoms with Crippen LogP contribution in [-0.4, -0.2) is 11.6 Å². The number of hydrazone groups is 1. The van der Waals surface area contributed by atoms with Crippen molar-refractivity contribution in [2.45, 2.75) is 57.8 Å². The highest BCUT2D eigenvalue weighted by Gasteiger charge is 2.51. The Morgan fingerprint density at radius 1 is 1.04 bits per heavy atom. The third kappa shape index (κ3) is 2.49. The number of nitrogens with zero attached hydrogens (tertiary/aromatic N) is 1. The van der Waals surface area contributed by atoms with Crippen molar-refractivity contribution in [3.05, 3.63) is 35.4 Å². The number of carbonyl (C=O) groups excluding carboxylic acids is 1. The molecule has 0 heterocycles. The summed E-state index contributed by atoms with van der Waals surface area (Å²) in [6.45, 7) is 0. The molecule has 0 saturated heterocycles. The van der Waals surface area contributed by atoms with Gasteiger partial charge in [-0.3, -0.25) is 4.79 Å². The minimum Gasteiger partial charge on any atom is -0.273 e. The van der Waals surface area contributed by atoms with E-state index in [1.54, 1.807) is 0 Å². The Hall–Kier alpha value is -1.64. The van der Waals surface area contributed by atoms with Crippen LogP contribution in [0.5, 0.6) is 0 Å². The molecule has 4 saturated carbocycles. The van der Waals surface area contributed by atoms with Crippen LogP contribution in [0.2, 0.25) is 0 Å². The second-order valence-electron chi connectivity index (χ2n) is 8.84. The molecule has 0 radical (unpaired) electrons. The summed E-state index contributed by atoms with van der Waals surface area (Å²) >= 11 is 0. The van der Waals surface area contributed by atoms with Crippen LogP contribution < -0.4 is 5.43 Å². The van der Waals surface area contributed by atoms with E-state index in [-0.39, 0.29) is 5.91 Å². The molecule has 0 spiro atoms. The van der Waals surface area contributed by atoms with Gasteiger partial charge in [-0.05, 0) is 80.1 Å². The van der Waals surface area contributed by atoms with Crippen molar-refractivity contribution in [2.24, 2.45) is 28.3 Å². The van der Waals surface area contributed by atoms with Crippen LogP contribution in [0.15, 0.2) is 29.4 Å². The van der Waals surface area contributed by atoms with Crippen LogP contribution in [0, 0.1) is 23.2 Å². The Bertz CT molecular complexity index is 670. The van der Waals surface area contributed by atoms with Crippen LogP contribution in [0.4, 0.5) is 0 Å². The third-order valence-corrected chi connectivity index (χ3v) is 6.98. The van der Waals surface area contributed by atoms with E-state index in [1.165, 1.54) is 49.7 Å². The van der Waals surface area contributed by atoms with Crippen LogP contribution in [0.3, 0.4) is 0 Å². The lowest BCUT2D eigenvalue weighted by molar-refractivity contribution is -0.129. The summed E-state index contributed by atoms with van der Waals surface area (Å²) in [5.41, 5.74) is 6.80. The third-order valence-electron chi connectivity index (χ3n) is 6.98. The highest BCUT2D eigenvalue weighted by Crippen LogP contribution is 2.61. The predicted molar refractivity (Wildman–Crippen MR) is 94.7 cm³/mol. The number of benzene rings is 1. The molecular weight excluding hydrogens is 296 g/mol. The number of hydrogen-bond donors (Lipinski definition) is 1. The molecule has 0 atom stereocenters. The molecule has 1 N–H and O–H groups in total. The Morgan fingerprint density at radius 3 is 2.42 bits per heavy atom. The molecule has 1 aromatic carbocycles. The molecule has 0 aliphatic heterocycles. The van der Waals surface area contributed by atoms with Crippen molar-refractivity contribution < 1.29 is 4.79 Å². The van der Waals surface area contributed by atoms with E-state index >= 15 is 0 Å². The first-order valence-electron chi connectivity index (χ1n) is 9.63. The quantitative estimate of drug-likeness (QED) is 0.838. The van der Waals surface area contributed by atoms with E-state index in [0.717, 1.165) is 36.3 Å². The van der Waals surface area contributed by atoms with E-state index in [4.69, 9.17) is 0 Å². The summed E-state index contributed by atoms with van der Waals surface area (Å²) in [6.07, 6.45) is 10.8. The molecule has 4 bridgehead atoms. The Kier molecular flexibility index (Phi) is 3.33. The number of aryl methyl sites for hydroxylation is 1. The van der Waals surface area contributed by atoms with Gasteiger partial charge < -0.3 is 0 Å². The normalized spacial score (nSPS) is 37.7. The zero-order valence-corrected chi connectivity index (χ0v) is 14.3. The van der Waals surface area contributed by atoms with Gasteiger partial charge in [-0.2, -0.15) is 5.10 Å². The minimum absolute atomic E-state index is 0.133. The summed E-state index contributed by atoms with van der Waals surface area (Å²) in [4.78, 5) is 12.6. The Labute approximate surface area is 143 Å². The topological polar surface area (TPSA) is 41.5 Å². The number of rotatable bonds is 3. The fourth-order valence-electron chi connectivity index (χ4n) is 6.54. The lowest BCUT2D eigenvalue weighted by atomic mass is 9.49. The number of amides is 1. The fraction of sp³-hybridized carbons (Fsp3) is 0.619. The van der Waals surface area contributed by atoms with Gasteiger partial charge in [0.25, 0.3) is 0 Å². The fourth-order valence-corrected chi connectivity index (χ4v) is 6.54. The van der Waals surface area contributed by atoms with Gasteiger partial charge in [-0.15, -0.1) is 0 Å². The first-order valence-corrected chi connectivity index (χ1v) is 9.63. The van der Waals surface area contributed by atoms with Gasteiger partial charge in [0.1, 0.15) is 0 Å². The van der Waals surface area contributed by atoms with E-state index in [9.17, 15) is 4.79 Å². The summed E-state index contributed by atoms with van der Waals surface area (Å²) in [6, 6.07) is 8.41. The van der Waals surface area contributed by atoms with E-state index in [1.807, 2.05) is 0 Å². The first kappa shape index (κ1) is 14.7. The maximum absolute atomic E-state index is 12.6. The summed E-state index contributed by atoms with van der Waals surface area (Å²) in [7, 11) is 0. The predicted octanol–water partition coefficient (Wildman–Crippen LogP) is 4.06. The van der Waals surface area contributed by atoms with Gasteiger partial charge in [0.2, 0.25) is 5.91 Å². The lowest BCUT2D eigenvalue weighted by Crippen LogP contribution is -2.47. The molecule has 1 aromatic rings. The molecule has 5 aliphatic rings. The minimum atomic E-state index is 0.133. The van der Waals surface area contributed by atoms with Crippen LogP contribution in [-0.2, 0) is 11.2 Å². The molecule has 3 heteroatoms. The van der Waals surface area contributed by atoms with Crippen molar-refractivity contribution in [1.29, 1.82) is 0 Å². The van der Waals surface area contributed by atoms with Crippen molar-refractivity contribution in [3.63, 3.8) is 0 Å². The van der Waals surface area contributed by atoms with Crippen molar-refractivity contribution >= 4 is 11.6 Å². The molecule has 126 valence electrons. The number of fused-ring (bicyclic) bond motifs is 1. The van der Waals surface area contributed by atoms with Crippen LogP contribution in [0.25, 0.3) is 0 Å². The van der Waals surface area contributed by atoms with E-state index in [0.29, 0.717) is 11.8 Å². The Morgan fingerprint density at radius 2 is 1.71 bits per heavy atom. The van der Waals surface area contributed by atoms with Gasteiger partial charge in [-0.1, -0.05) is 24.3 Å². The van der Waals surface area contributed by atoms with Crippen LogP contribution in [0.1, 0.15) is 62.5 Å². The summed E-state index contributed by atoms with van der Waals surface area (Å²) in [5.74, 6) is 2.83. The molecule has 0 aromatic heterocycles. The summed E-state index contributed by atoms with van der Waals surface area (Å²) in [5, 5.41) is 4.48. The second-order valence-corrected chi connectivity index (χ2v) is 8.84. The molecule has 6 rings (SSSR count). The number of carbonyl (C=O) groups is 1. The van der Waals surface area contributed by atoms with Crippen molar-refractivity contribution in [3.8, 4) is 0 Å². The monoisotopic (exact) mass is 322 g/mol. The Balaban J connectivity index is 1.27. The maximum atomic E-state index is 12.6. The molecule has 1 amide bonds. The van der Waals surface area contributed by atoms with Gasteiger partial charge in [0, 0.05) is 12.0 Å². The molecule has 0 unspecified atom stereocenters. The van der Waals surface area contributed by atoms with Crippen molar-refractivity contribution in [1.82, 2.24) is 5.43 Å². The van der Waals surface area contributed by atoms with E-state index < -0.39 is 0 Å². The molecule has 5 aliphatic carbocycles. The number of hydrogen-bond acceptors (Lipinski definition) is 2. The zero-order valence-electron chi connectivity index (χ0n) is 14.3. The molecule has 4 fully saturated rings. The smallest absolute Gasteiger partial charge is 0.240 e.